The molecule has 0 bridgehead atoms. The van der Waals surface area contributed by atoms with Crippen LogP contribution in [0.25, 0.3) is 0 Å². The van der Waals surface area contributed by atoms with Gasteiger partial charge >= 0.3 is 5.97 Å². The number of primary sulfonamides is 1. The van der Waals surface area contributed by atoms with E-state index in [4.69, 9.17) is 31.0 Å². The molecule has 2 aliphatic carbocycles. The highest BCUT2D eigenvalue weighted by atomic mass is 35.5. The van der Waals surface area contributed by atoms with E-state index in [1.165, 1.54) is 18.2 Å². The number of sulfonamides is 1. The second-order valence-corrected chi connectivity index (χ2v) is 16.2. The zero-order chi connectivity index (χ0) is 34.1. The zero-order valence-corrected chi connectivity index (χ0v) is 29.0. The van der Waals surface area contributed by atoms with Crippen LogP contribution in [0.3, 0.4) is 0 Å². The van der Waals surface area contributed by atoms with Gasteiger partial charge in [-0.1, -0.05) is 29.8 Å². The highest BCUT2D eigenvalue weighted by molar-refractivity contribution is 7.89. The minimum absolute atomic E-state index is 0.00755. The van der Waals surface area contributed by atoms with Gasteiger partial charge in [-0.25, -0.2) is 18.4 Å². The van der Waals surface area contributed by atoms with Crippen LogP contribution in [-0.4, -0.2) is 81.6 Å². The third kappa shape index (κ3) is 7.56. The van der Waals surface area contributed by atoms with Crippen LogP contribution in [0.2, 0.25) is 5.02 Å². The van der Waals surface area contributed by atoms with Crippen molar-refractivity contribution in [1.82, 2.24) is 0 Å². The van der Waals surface area contributed by atoms with Crippen LogP contribution in [0.1, 0.15) is 72.9 Å². The number of fused-ring (bicyclic) bond motifs is 3. The summed E-state index contributed by atoms with van der Waals surface area (Å²) in [6, 6.07) is 11.1. The maximum Gasteiger partial charge on any atom is 0.335 e. The van der Waals surface area contributed by atoms with Gasteiger partial charge in [0.25, 0.3) is 0 Å². The second kappa shape index (κ2) is 14.7. The molecule has 0 amide bonds. The van der Waals surface area contributed by atoms with Gasteiger partial charge in [0.1, 0.15) is 11.0 Å². The lowest BCUT2D eigenvalue weighted by molar-refractivity contribution is 0.0447. The number of ether oxygens (including phenoxy) is 3. The minimum Gasteiger partial charge on any atom is -0.490 e. The van der Waals surface area contributed by atoms with Crippen molar-refractivity contribution in [2.75, 3.05) is 38.3 Å². The third-order valence-corrected chi connectivity index (χ3v) is 12.6. The highest BCUT2D eigenvalue weighted by Gasteiger charge is 2.44. The van der Waals surface area contributed by atoms with E-state index in [1.807, 2.05) is 6.07 Å². The second-order valence-electron chi connectivity index (χ2n) is 14.0. The number of aromatic carboxylic acids is 1. The molecule has 0 radical (unpaired) electrons. The molecule has 2 aliphatic heterocycles. The van der Waals surface area contributed by atoms with Crippen LogP contribution in [0.4, 0.5) is 5.69 Å². The molecule has 10 nitrogen and oxygen atoms in total. The number of aliphatic hydroxyl groups is 1. The van der Waals surface area contributed by atoms with Crippen LogP contribution < -0.4 is 14.8 Å². The van der Waals surface area contributed by atoms with Gasteiger partial charge in [-0.3, -0.25) is 0 Å². The first kappa shape index (κ1) is 35.2. The van der Waals surface area contributed by atoms with E-state index in [0.29, 0.717) is 43.5 Å². The molecule has 7 atom stereocenters. The van der Waals surface area contributed by atoms with E-state index in [1.54, 1.807) is 30.4 Å². The van der Waals surface area contributed by atoms with E-state index in [9.17, 15) is 23.4 Å². The average molecular weight is 703 g/mol. The van der Waals surface area contributed by atoms with Crippen molar-refractivity contribution in [3.63, 3.8) is 0 Å². The van der Waals surface area contributed by atoms with Crippen LogP contribution in [0.5, 0.6) is 5.75 Å². The van der Waals surface area contributed by atoms with E-state index in [2.05, 4.69) is 17.0 Å². The predicted molar refractivity (Wildman–Crippen MR) is 184 cm³/mol. The van der Waals surface area contributed by atoms with Crippen molar-refractivity contribution >= 4 is 33.3 Å². The highest BCUT2D eigenvalue weighted by Crippen LogP contribution is 2.46. The lowest BCUT2D eigenvalue weighted by Crippen LogP contribution is -2.49. The van der Waals surface area contributed by atoms with Crippen LogP contribution in [-0.2, 0) is 31.3 Å². The Morgan fingerprint density at radius 3 is 2.73 bits per heavy atom. The number of aryl methyl sites for hydroxylation is 1. The Bertz CT molecular complexity index is 1610. The Kier molecular flexibility index (Phi) is 10.7. The summed E-state index contributed by atoms with van der Waals surface area (Å²) in [6.07, 6.45) is 8.93. The molecular formula is C36H47ClN2O8S. The van der Waals surface area contributed by atoms with Gasteiger partial charge in [-0.2, -0.15) is 0 Å². The molecule has 4 N–H and O–H groups in total. The zero-order valence-electron chi connectivity index (χ0n) is 27.4. The molecule has 12 heteroatoms. The molecule has 4 aliphatic rings. The summed E-state index contributed by atoms with van der Waals surface area (Å²) < 4.78 is 42.7. The van der Waals surface area contributed by atoms with Gasteiger partial charge in [0.2, 0.25) is 10.0 Å². The van der Waals surface area contributed by atoms with Crippen LogP contribution in [0.15, 0.2) is 48.6 Å². The molecule has 6 rings (SSSR count). The molecule has 2 aromatic rings. The molecular weight excluding hydrogens is 656 g/mol. The molecule has 2 fully saturated rings. The summed E-state index contributed by atoms with van der Waals surface area (Å²) >= 11 is 6.39. The van der Waals surface area contributed by atoms with Gasteiger partial charge < -0.3 is 29.3 Å². The van der Waals surface area contributed by atoms with Gasteiger partial charge in [-0.05, 0) is 111 Å². The molecule has 0 aromatic heterocycles. The fourth-order valence-corrected chi connectivity index (χ4v) is 9.61. The molecule has 1 saturated carbocycles. The number of methoxy groups -OCH3 is 1. The summed E-state index contributed by atoms with van der Waals surface area (Å²) in [5.41, 5.74) is 3.12. The Labute approximate surface area is 288 Å². The van der Waals surface area contributed by atoms with Crippen molar-refractivity contribution in [3.05, 3.63) is 70.3 Å². The molecule has 2 heterocycles. The lowest BCUT2D eigenvalue weighted by Gasteiger charge is -2.45. The van der Waals surface area contributed by atoms with E-state index >= 15 is 0 Å². The number of hydrogen-bond acceptors (Lipinski definition) is 8. The number of carboxylic acid groups (broad SMARTS) is 1. The number of carboxylic acids is 1. The maximum atomic E-state index is 12.5. The Balaban J connectivity index is 1.19. The molecule has 0 unspecified atom stereocenters. The molecule has 2 aromatic carbocycles. The Morgan fingerprint density at radius 1 is 1.21 bits per heavy atom. The summed E-state index contributed by atoms with van der Waals surface area (Å²) in [7, 11) is -2.40. The molecule has 262 valence electrons. The number of nitrogens with zero attached hydrogens (tertiary/aromatic N) is 1. The average Bonchev–Trinajstić information content (AvgIpc) is 3.50. The van der Waals surface area contributed by atoms with Crippen molar-refractivity contribution in [2.45, 2.75) is 86.8 Å². The Hall–Kier alpha value is -2.67. The first-order valence-electron chi connectivity index (χ1n) is 17.0. The quantitative estimate of drug-likeness (QED) is 0.257. The van der Waals surface area contributed by atoms with E-state index in [0.717, 1.165) is 50.6 Å². The number of carbonyl (C=O) groups is 1. The summed E-state index contributed by atoms with van der Waals surface area (Å²) in [6.45, 7) is 2.38. The molecule has 1 saturated heterocycles. The number of nitrogens with two attached hydrogens (primary N) is 1. The van der Waals surface area contributed by atoms with Crippen molar-refractivity contribution in [3.8, 4) is 5.75 Å². The summed E-state index contributed by atoms with van der Waals surface area (Å²) in [5, 5.41) is 26.6. The monoisotopic (exact) mass is 702 g/mol. The number of hydrogen-bond donors (Lipinski definition) is 3. The first-order chi connectivity index (χ1) is 23.0. The first-order valence-corrected chi connectivity index (χ1v) is 19.0. The number of rotatable bonds is 12. The van der Waals surface area contributed by atoms with Crippen molar-refractivity contribution < 1.29 is 37.6 Å². The minimum atomic E-state index is -3.88. The summed E-state index contributed by atoms with van der Waals surface area (Å²) in [4.78, 5) is 14.3. The van der Waals surface area contributed by atoms with Crippen LogP contribution >= 0.6 is 11.6 Å². The van der Waals surface area contributed by atoms with Crippen molar-refractivity contribution in [1.29, 1.82) is 0 Å². The summed E-state index contributed by atoms with van der Waals surface area (Å²) in [5.74, 6) is -0.185. The predicted octanol–water partition coefficient (Wildman–Crippen LogP) is 5.09. The van der Waals surface area contributed by atoms with E-state index < -0.39 is 33.5 Å². The number of halogens is 1. The number of aliphatic hydroxyl groups excluding tert-OH is 1. The SMILES string of the molecule is CO[C@H](C/C=C/[C@H](O)[C@@H]1CC[C@H]1CN1C[C@@]2(CCCc3cc(Cl)ccc32)COc2ccc(C(=O)O)cc21)[C@H](C[C@@H]1CCCO1)S(N)(=O)=O. The fourth-order valence-electron chi connectivity index (χ4n) is 8.28. The lowest BCUT2D eigenvalue weighted by atomic mass is 9.68. The Morgan fingerprint density at radius 2 is 2.04 bits per heavy atom. The van der Waals surface area contributed by atoms with Gasteiger partial charge in [0, 0.05) is 37.2 Å². The molecule has 1 spiro atoms. The smallest absolute Gasteiger partial charge is 0.335 e. The number of anilines is 1. The van der Waals surface area contributed by atoms with Gasteiger partial charge in [-0.15, -0.1) is 0 Å². The van der Waals surface area contributed by atoms with Gasteiger partial charge in [0.15, 0.2) is 0 Å². The third-order valence-electron chi connectivity index (χ3n) is 11.0. The van der Waals surface area contributed by atoms with Crippen LogP contribution in [0, 0.1) is 11.8 Å². The molecule has 48 heavy (non-hydrogen) atoms. The van der Waals surface area contributed by atoms with E-state index in [-0.39, 0.29) is 35.3 Å². The maximum absolute atomic E-state index is 12.5. The largest absolute Gasteiger partial charge is 0.490 e. The van der Waals surface area contributed by atoms with Gasteiger partial charge in [0.05, 0.1) is 36.2 Å². The normalized spacial score (nSPS) is 27.4. The standard InChI is InChI=1S/C36H47ClN2O8S/c1-45-33(34(48(38,43)44)19-27-6-4-16-46-27)8-2-7-31(40)28-12-9-25(28)20-39-21-36(15-3-5-23-17-26(37)11-13-29(23)36)22-47-32-14-10-24(35(41)42)18-30(32)39/h2,7,10-11,13-14,17-18,25,27-28,31,33-34,40H,3-6,8-9,12,15-16,19-22H2,1H3,(H,41,42)(H2,38,43,44)/b7-2+/t25-,27-,28+,31-,33+,34-,36-/m0/s1. The number of benzene rings is 2. The topological polar surface area (TPSA) is 149 Å². The fraction of sp³-hybridized carbons (Fsp3) is 0.583. The van der Waals surface area contributed by atoms with Crippen molar-refractivity contribution in [2.24, 2.45) is 17.0 Å².